The number of aromatic amines is 1. The number of carbonyl (C=O) groups excluding carboxylic acids is 1. The molecule has 2 fully saturated rings. The minimum atomic E-state index is -0.195. The lowest BCUT2D eigenvalue weighted by Gasteiger charge is -2.14. The lowest BCUT2D eigenvalue weighted by Crippen LogP contribution is -2.32. The lowest BCUT2D eigenvalue weighted by atomic mass is 10.0. The summed E-state index contributed by atoms with van der Waals surface area (Å²) in [7, 11) is 0. The number of nitrogens with two attached hydrogens (primary N) is 1. The lowest BCUT2D eigenvalue weighted by molar-refractivity contribution is 0.0904. The summed E-state index contributed by atoms with van der Waals surface area (Å²) in [6.45, 7) is 3.43. The van der Waals surface area contributed by atoms with Crippen molar-refractivity contribution >= 4 is 11.6 Å². The first-order valence-electron chi connectivity index (χ1n) is 6.90. The average molecular weight is 264 g/mol. The zero-order chi connectivity index (χ0) is 13.4. The van der Waals surface area contributed by atoms with E-state index in [4.69, 9.17) is 10.5 Å². The Morgan fingerprint density at radius 3 is 2.95 bits per heavy atom. The molecule has 2 heterocycles. The minimum Gasteiger partial charge on any atom is -0.395 e. The molecule has 6 heteroatoms. The molecule has 0 bridgehead atoms. The molecule has 104 valence electrons. The van der Waals surface area contributed by atoms with Gasteiger partial charge in [-0.1, -0.05) is 0 Å². The number of hydrogen-bond acceptors (Lipinski definition) is 4. The van der Waals surface area contributed by atoms with E-state index >= 15 is 0 Å². The van der Waals surface area contributed by atoms with Gasteiger partial charge in [0, 0.05) is 25.0 Å². The number of carbonyl (C=O) groups is 1. The van der Waals surface area contributed by atoms with E-state index in [1.54, 1.807) is 0 Å². The molecule has 0 radical (unpaired) electrons. The topological polar surface area (TPSA) is 93.0 Å². The molecule has 3 rings (SSSR count). The van der Waals surface area contributed by atoms with Crippen LogP contribution in [-0.2, 0) is 4.74 Å². The van der Waals surface area contributed by atoms with Gasteiger partial charge in [-0.3, -0.25) is 9.89 Å². The van der Waals surface area contributed by atoms with E-state index in [-0.39, 0.29) is 12.0 Å². The number of hydrogen-bond donors (Lipinski definition) is 3. The summed E-state index contributed by atoms with van der Waals surface area (Å²) in [5, 5.41) is 9.84. The molecule has 2 atom stereocenters. The van der Waals surface area contributed by atoms with Gasteiger partial charge in [-0.25, -0.2) is 0 Å². The van der Waals surface area contributed by atoms with Gasteiger partial charge in [-0.2, -0.15) is 5.10 Å². The first-order chi connectivity index (χ1) is 9.16. The predicted octanol–water partition coefficient (Wildman–Crippen LogP) is 1.02. The monoisotopic (exact) mass is 264 g/mol. The molecule has 2 unspecified atom stereocenters. The number of nitrogens with one attached hydrogen (secondary N) is 2. The largest absolute Gasteiger partial charge is 0.395 e. The van der Waals surface area contributed by atoms with E-state index in [0.29, 0.717) is 29.8 Å². The van der Waals surface area contributed by atoms with E-state index in [1.807, 2.05) is 6.92 Å². The fraction of sp³-hybridized carbons (Fsp3) is 0.692. The van der Waals surface area contributed by atoms with Crippen LogP contribution in [0.15, 0.2) is 0 Å². The first kappa shape index (κ1) is 12.5. The molecule has 1 amide bonds. The number of rotatable bonds is 4. The summed E-state index contributed by atoms with van der Waals surface area (Å²) in [6.07, 6.45) is 3.46. The van der Waals surface area contributed by atoms with Crippen molar-refractivity contribution in [3.05, 3.63) is 11.4 Å². The van der Waals surface area contributed by atoms with E-state index in [9.17, 15) is 4.79 Å². The van der Waals surface area contributed by atoms with Crippen LogP contribution in [0.1, 0.15) is 48.3 Å². The molecule has 0 spiro atoms. The molecular formula is C13H20N4O2. The normalized spacial score (nSPS) is 26.6. The Kier molecular flexibility index (Phi) is 3.18. The van der Waals surface area contributed by atoms with Crippen molar-refractivity contribution in [2.75, 3.05) is 18.9 Å². The molecule has 1 aliphatic carbocycles. The third kappa shape index (κ3) is 2.45. The van der Waals surface area contributed by atoms with Gasteiger partial charge in [0.25, 0.3) is 5.91 Å². The molecule has 1 aromatic heterocycles. The number of nitrogen functional groups attached to an aromatic ring is 1. The third-order valence-electron chi connectivity index (χ3n) is 4.09. The summed E-state index contributed by atoms with van der Waals surface area (Å²) in [6, 6.07) is 0. The molecular weight excluding hydrogens is 244 g/mol. The fourth-order valence-corrected chi connectivity index (χ4v) is 2.57. The zero-order valence-corrected chi connectivity index (χ0v) is 11.1. The Hall–Kier alpha value is -1.56. The Balaban J connectivity index is 1.60. The minimum absolute atomic E-state index is 0.195. The van der Waals surface area contributed by atoms with Crippen LogP contribution in [0.2, 0.25) is 0 Å². The molecule has 1 aromatic rings. The Labute approximate surface area is 112 Å². The number of H-pyrrole nitrogens is 1. The highest BCUT2D eigenvalue weighted by atomic mass is 16.5. The Morgan fingerprint density at radius 2 is 2.32 bits per heavy atom. The van der Waals surface area contributed by atoms with E-state index in [1.165, 1.54) is 0 Å². The van der Waals surface area contributed by atoms with Crippen molar-refractivity contribution in [1.29, 1.82) is 0 Å². The summed E-state index contributed by atoms with van der Waals surface area (Å²) >= 11 is 0. The van der Waals surface area contributed by atoms with Gasteiger partial charge in [0.05, 0.1) is 17.5 Å². The van der Waals surface area contributed by atoms with E-state index < -0.39 is 0 Å². The molecule has 0 aromatic carbocycles. The number of nitrogens with zero attached hydrogens (tertiary/aromatic N) is 1. The van der Waals surface area contributed by atoms with Crippen LogP contribution in [0.25, 0.3) is 0 Å². The maximum Gasteiger partial charge on any atom is 0.273 e. The van der Waals surface area contributed by atoms with E-state index in [2.05, 4.69) is 15.5 Å². The highest BCUT2D eigenvalue weighted by molar-refractivity contribution is 5.97. The molecule has 1 saturated carbocycles. The van der Waals surface area contributed by atoms with Gasteiger partial charge in [0.2, 0.25) is 0 Å². The third-order valence-corrected chi connectivity index (χ3v) is 4.09. The summed E-state index contributed by atoms with van der Waals surface area (Å²) < 4.78 is 5.47. The van der Waals surface area contributed by atoms with Crippen molar-refractivity contribution in [2.24, 2.45) is 5.92 Å². The molecule has 4 N–H and O–H groups in total. The molecule has 2 aliphatic rings. The van der Waals surface area contributed by atoms with Gasteiger partial charge in [0.15, 0.2) is 5.69 Å². The summed E-state index contributed by atoms with van der Waals surface area (Å²) in [5.41, 5.74) is 7.73. The van der Waals surface area contributed by atoms with Crippen LogP contribution in [-0.4, -0.2) is 35.4 Å². The standard InChI is InChI=1S/C13H20N4O2/c1-7-9(4-5-19-7)6-15-13(18)12-10(14)11(16-17-12)8-2-3-8/h7-9H,2-6,14H2,1H3,(H,15,18)(H,16,17). The van der Waals surface area contributed by atoms with Crippen molar-refractivity contribution in [1.82, 2.24) is 15.5 Å². The quantitative estimate of drug-likeness (QED) is 0.757. The molecule has 19 heavy (non-hydrogen) atoms. The molecule has 6 nitrogen and oxygen atoms in total. The fourth-order valence-electron chi connectivity index (χ4n) is 2.57. The Bertz CT molecular complexity index is 481. The van der Waals surface area contributed by atoms with Gasteiger partial charge < -0.3 is 15.8 Å². The summed E-state index contributed by atoms with van der Waals surface area (Å²) in [5.74, 6) is 0.657. The second-order valence-corrected chi connectivity index (χ2v) is 5.51. The first-order valence-corrected chi connectivity index (χ1v) is 6.90. The highest BCUT2D eigenvalue weighted by Gasteiger charge is 2.31. The van der Waals surface area contributed by atoms with Gasteiger partial charge in [-0.15, -0.1) is 0 Å². The summed E-state index contributed by atoms with van der Waals surface area (Å²) in [4.78, 5) is 12.1. The number of anilines is 1. The molecule has 1 saturated heterocycles. The van der Waals surface area contributed by atoms with Gasteiger partial charge >= 0.3 is 0 Å². The number of ether oxygens (including phenoxy) is 1. The van der Waals surface area contributed by atoms with Crippen LogP contribution >= 0.6 is 0 Å². The van der Waals surface area contributed by atoms with Gasteiger partial charge in [0.1, 0.15) is 0 Å². The zero-order valence-electron chi connectivity index (χ0n) is 11.1. The number of aromatic nitrogens is 2. The second-order valence-electron chi connectivity index (χ2n) is 5.51. The number of amides is 1. The maximum atomic E-state index is 12.1. The van der Waals surface area contributed by atoms with Crippen LogP contribution < -0.4 is 11.1 Å². The second kappa shape index (κ2) is 4.85. The average Bonchev–Trinajstić information content (AvgIpc) is 3.04. The Morgan fingerprint density at radius 1 is 1.53 bits per heavy atom. The highest BCUT2D eigenvalue weighted by Crippen LogP contribution is 2.42. The van der Waals surface area contributed by atoms with Crippen LogP contribution in [0.3, 0.4) is 0 Å². The predicted molar refractivity (Wildman–Crippen MR) is 70.8 cm³/mol. The smallest absolute Gasteiger partial charge is 0.273 e. The van der Waals surface area contributed by atoms with Crippen LogP contribution in [0.4, 0.5) is 5.69 Å². The van der Waals surface area contributed by atoms with Crippen molar-refractivity contribution in [2.45, 2.75) is 38.2 Å². The van der Waals surface area contributed by atoms with Crippen LogP contribution in [0, 0.1) is 5.92 Å². The van der Waals surface area contributed by atoms with Crippen molar-refractivity contribution in [3.63, 3.8) is 0 Å². The van der Waals surface area contributed by atoms with Crippen molar-refractivity contribution < 1.29 is 9.53 Å². The van der Waals surface area contributed by atoms with E-state index in [0.717, 1.165) is 31.6 Å². The SMILES string of the molecule is CC1OCCC1CNC(=O)c1n[nH]c(C2CC2)c1N. The van der Waals surface area contributed by atoms with Gasteiger partial charge in [-0.05, 0) is 26.2 Å². The maximum absolute atomic E-state index is 12.1. The van der Waals surface area contributed by atoms with Crippen LogP contribution in [0.5, 0.6) is 0 Å². The molecule has 1 aliphatic heterocycles. The van der Waals surface area contributed by atoms with Crippen molar-refractivity contribution in [3.8, 4) is 0 Å².